The van der Waals surface area contributed by atoms with Crippen LogP contribution in [0.1, 0.15) is 43.5 Å². The molecular weight excluding hydrogens is 370 g/mol. The first-order valence-electron chi connectivity index (χ1n) is 9.79. The molecule has 3 heterocycles. The molecule has 1 N–H and O–H groups in total. The molecule has 0 radical (unpaired) electrons. The Morgan fingerprint density at radius 3 is 2.83 bits per heavy atom. The summed E-state index contributed by atoms with van der Waals surface area (Å²) in [6, 6.07) is 8.03. The molecular formula is C20H25N7O2. The first kappa shape index (κ1) is 19.3. The minimum absolute atomic E-state index is 0.00728. The van der Waals surface area contributed by atoms with Gasteiger partial charge in [-0.1, -0.05) is 29.8 Å². The van der Waals surface area contributed by atoms with Crippen molar-refractivity contribution in [1.82, 2.24) is 35.3 Å². The van der Waals surface area contributed by atoms with Crippen molar-refractivity contribution in [2.24, 2.45) is 0 Å². The van der Waals surface area contributed by atoms with Crippen molar-refractivity contribution in [3.63, 3.8) is 0 Å². The third-order valence-corrected chi connectivity index (χ3v) is 4.96. The van der Waals surface area contributed by atoms with Crippen LogP contribution in [0.25, 0.3) is 11.4 Å². The van der Waals surface area contributed by atoms with E-state index < -0.39 is 0 Å². The molecule has 152 valence electrons. The largest absolute Gasteiger partial charge is 0.371 e. The van der Waals surface area contributed by atoms with Crippen molar-refractivity contribution < 1.29 is 9.53 Å². The standard InChI is InChI=1S/C20H25N7O2/c1-13(2)26-11-16(10-21-26)19-17(8-9-29-19)22-18(28)12-27-24-20(23-25-27)15-6-4-14(3)5-7-15/h4-7,10-11,13,17,19H,8-9,12H2,1-3H3,(H,22,28)/t17-,19+/m1/s1. The van der Waals surface area contributed by atoms with Crippen LogP contribution in [0.15, 0.2) is 36.7 Å². The van der Waals surface area contributed by atoms with E-state index in [1.165, 1.54) is 4.80 Å². The van der Waals surface area contributed by atoms with E-state index in [-0.39, 0.29) is 30.6 Å². The average Bonchev–Trinajstić information content (AvgIpc) is 3.42. The second-order valence-corrected chi connectivity index (χ2v) is 7.61. The van der Waals surface area contributed by atoms with E-state index in [1.807, 2.05) is 48.3 Å². The van der Waals surface area contributed by atoms with Gasteiger partial charge in [0.15, 0.2) is 0 Å². The molecule has 1 saturated heterocycles. The predicted molar refractivity (Wildman–Crippen MR) is 106 cm³/mol. The highest BCUT2D eigenvalue weighted by Crippen LogP contribution is 2.29. The number of carbonyl (C=O) groups is 1. The third-order valence-electron chi connectivity index (χ3n) is 4.96. The molecule has 1 aliphatic rings. The van der Waals surface area contributed by atoms with Gasteiger partial charge in [-0.2, -0.15) is 9.90 Å². The first-order valence-corrected chi connectivity index (χ1v) is 9.79. The molecule has 0 unspecified atom stereocenters. The quantitative estimate of drug-likeness (QED) is 0.686. The van der Waals surface area contributed by atoms with Crippen molar-refractivity contribution >= 4 is 5.91 Å². The van der Waals surface area contributed by atoms with Crippen molar-refractivity contribution in [2.75, 3.05) is 6.61 Å². The minimum Gasteiger partial charge on any atom is -0.371 e. The molecule has 29 heavy (non-hydrogen) atoms. The van der Waals surface area contributed by atoms with Crippen LogP contribution in [0, 0.1) is 6.92 Å². The fourth-order valence-electron chi connectivity index (χ4n) is 3.36. The van der Waals surface area contributed by atoms with Crippen LogP contribution in [0.5, 0.6) is 0 Å². The van der Waals surface area contributed by atoms with E-state index in [2.05, 4.69) is 39.7 Å². The SMILES string of the molecule is Cc1ccc(-c2nnn(CC(=O)N[C@@H]3CCO[C@H]3c3cnn(C(C)C)c3)n2)cc1. The molecule has 3 aromatic rings. The molecule has 9 nitrogen and oxygen atoms in total. The summed E-state index contributed by atoms with van der Waals surface area (Å²) in [4.78, 5) is 13.8. The zero-order chi connectivity index (χ0) is 20.4. The Hall–Kier alpha value is -3.07. The highest BCUT2D eigenvalue weighted by atomic mass is 16.5. The molecule has 0 spiro atoms. The molecule has 1 aromatic carbocycles. The summed E-state index contributed by atoms with van der Waals surface area (Å²) >= 11 is 0. The summed E-state index contributed by atoms with van der Waals surface area (Å²) < 4.78 is 7.74. The summed E-state index contributed by atoms with van der Waals surface area (Å²) in [5, 5.41) is 19.8. The molecule has 1 amide bonds. The van der Waals surface area contributed by atoms with Gasteiger partial charge < -0.3 is 10.1 Å². The van der Waals surface area contributed by atoms with Crippen LogP contribution < -0.4 is 5.32 Å². The highest BCUT2D eigenvalue weighted by Gasteiger charge is 2.32. The Morgan fingerprint density at radius 1 is 1.31 bits per heavy atom. The number of ether oxygens (including phenoxy) is 1. The van der Waals surface area contributed by atoms with Gasteiger partial charge in [0.25, 0.3) is 0 Å². The number of nitrogens with one attached hydrogen (secondary N) is 1. The van der Waals surface area contributed by atoms with Gasteiger partial charge in [0.05, 0.1) is 12.2 Å². The number of rotatable bonds is 6. The van der Waals surface area contributed by atoms with Crippen LogP contribution in [-0.2, 0) is 16.1 Å². The number of tetrazole rings is 1. The van der Waals surface area contributed by atoms with Crippen molar-refractivity contribution in [2.45, 2.75) is 51.9 Å². The summed E-state index contributed by atoms with van der Waals surface area (Å²) in [7, 11) is 0. The Bertz CT molecular complexity index is 977. The van der Waals surface area contributed by atoms with Crippen LogP contribution in [0.4, 0.5) is 0 Å². The van der Waals surface area contributed by atoms with Crippen LogP contribution in [0.2, 0.25) is 0 Å². The Kier molecular flexibility index (Phi) is 5.39. The zero-order valence-corrected chi connectivity index (χ0v) is 16.8. The topological polar surface area (TPSA) is 99.8 Å². The minimum atomic E-state index is -0.196. The number of amides is 1. The maximum absolute atomic E-state index is 12.5. The molecule has 2 aromatic heterocycles. The smallest absolute Gasteiger partial charge is 0.243 e. The van der Waals surface area contributed by atoms with Crippen molar-refractivity contribution in [1.29, 1.82) is 0 Å². The molecule has 9 heteroatoms. The van der Waals surface area contributed by atoms with Gasteiger partial charge in [0, 0.05) is 30.0 Å². The number of hydrogen-bond acceptors (Lipinski definition) is 6. The number of benzene rings is 1. The summed E-state index contributed by atoms with van der Waals surface area (Å²) in [6.07, 6.45) is 4.34. The average molecular weight is 395 g/mol. The fourth-order valence-corrected chi connectivity index (χ4v) is 3.36. The van der Waals surface area contributed by atoms with Crippen molar-refractivity contribution in [3.8, 4) is 11.4 Å². The summed E-state index contributed by atoms with van der Waals surface area (Å²) in [6.45, 7) is 6.77. The highest BCUT2D eigenvalue weighted by molar-refractivity contribution is 5.76. The number of aryl methyl sites for hydroxylation is 1. The van der Waals surface area contributed by atoms with Gasteiger partial charge >= 0.3 is 0 Å². The molecule has 0 aliphatic carbocycles. The van der Waals surface area contributed by atoms with E-state index in [1.54, 1.807) is 0 Å². The lowest BCUT2D eigenvalue weighted by atomic mass is 10.1. The molecule has 0 saturated carbocycles. The van der Waals surface area contributed by atoms with Crippen LogP contribution >= 0.6 is 0 Å². The van der Waals surface area contributed by atoms with Gasteiger partial charge in [-0.05, 0) is 32.4 Å². The van der Waals surface area contributed by atoms with E-state index in [0.29, 0.717) is 12.4 Å². The number of nitrogens with zero attached hydrogens (tertiary/aromatic N) is 6. The lowest BCUT2D eigenvalue weighted by Crippen LogP contribution is -2.39. The van der Waals surface area contributed by atoms with Crippen LogP contribution in [0.3, 0.4) is 0 Å². The Balaban J connectivity index is 1.38. The predicted octanol–water partition coefficient (Wildman–Crippen LogP) is 2.07. The lowest BCUT2D eigenvalue weighted by molar-refractivity contribution is -0.123. The van der Waals surface area contributed by atoms with E-state index in [0.717, 1.165) is 23.1 Å². The molecule has 1 aliphatic heterocycles. The first-order chi connectivity index (χ1) is 14.0. The van der Waals surface area contributed by atoms with Gasteiger partial charge in [-0.15, -0.1) is 10.2 Å². The summed E-state index contributed by atoms with van der Waals surface area (Å²) in [5.74, 6) is 0.329. The van der Waals surface area contributed by atoms with Gasteiger partial charge in [-0.3, -0.25) is 9.48 Å². The van der Waals surface area contributed by atoms with Crippen LogP contribution in [-0.4, -0.2) is 48.5 Å². The molecule has 0 bridgehead atoms. The van der Waals surface area contributed by atoms with E-state index >= 15 is 0 Å². The molecule has 2 atom stereocenters. The molecule has 1 fully saturated rings. The van der Waals surface area contributed by atoms with E-state index in [4.69, 9.17) is 4.74 Å². The number of hydrogen-bond donors (Lipinski definition) is 1. The second kappa shape index (κ2) is 8.12. The van der Waals surface area contributed by atoms with Gasteiger partial charge in [0.1, 0.15) is 12.6 Å². The number of aromatic nitrogens is 6. The summed E-state index contributed by atoms with van der Waals surface area (Å²) in [5.41, 5.74) is 3.00. The molecule has 4 rings (SSSR count). The van der Waals surface area contributed by atoms with E-state index in [9.17, 15) is 4.79 Å². The Labute approximate surface area is 169 Å². The fraction of sp³-hybridized carbons (Fsp3) is 0.450. The second-order valence-electron chi connectivity index (χ2n) is 7.61. The monoisotopic (exact) mass is 395 g/mol. The maximum Gasteiger partial charge on any atom is 0.243 e. The van der Waals surface area contributed by atoms with Gasteiger partial charge in [-0.25, -0.2) is 0 Å². The lowest BCUT2D eigenvalue weighted by Gasteiger charge is -2.18. The number of carbonyl (C=O) groups excluding carboxylic acids is 1. The Morgan fingerprint density at radius 2 is 2.10 bits per heavy atom. The third kappa shape index (κ3) is 4.34. The van der Waals surface area contributed by atoms with Crippen molar-refractivity contribution in [3.05, 3.63) is 47.8 Å². The zero-order valence-electron chi connectivity index (χ0n) is 16.8. The normalized spacial score (nSPS) is 19.0. The van der Waals surface area contributed by atoms with Gasteiger partial charge in [0.2, 0.25) is 11.7 Å². The maximum atomic E-state index is 12.5.